The predicted molar refractivity (Wildman–Crippen MR) is 125 cm³/mol. The average molecular weight is 433 g/mol. The Morgan fingerprint density at radius 1 is 1.03 bits per heavy atom. The van der Waals surface area contributed by atoms with E-state index >= 15 is 0 Å². The van der Waals surface area contributed by atoms with Crippen LogP contribution in [0.5, 0.6) is 5.75 Å². The molecule has 0 aliphatic heterocycles. The highest BCUT2D eigenvalue weighted by Gasteiger charge is 2.07. The van der Waals surface area contributed by atoms with Crippen molar-refractivity contribution < 1.29 is 19.5 Å². The molecule has 0 radical (unpaired) electrons. The molecule has 0 fully saturated rings. The Morgan fingerprint density at radius 2 is 1.88 bits per heavy atom. The maximum absolute atomic E-state index is 10.8. The highest BCUT2D eigenvalue weighted by Crippen LogP contribution is 2.19. The molecule has 0 unspecified atom stereocenters. The van der Waals surface area contributed by atoms with Crippen molar-refractivity contribution in [2.24, 2.45) is 5.16 Å². The van der Waals surface area contributed by atoms with Crippen molar-refractivity contribution in [1.82, 2.24) is 4.98 Å². The smallest absolute Gasteiger partial charge is 0.307 e. The minimum Gasteiger partial charge on any atom is -0.490 e. The van der Waals surface area contributed by atoms with Crippen molar-refractivity contribution in [2.75, 3.05) is 13.2 Å². The van der Waals surface area contributed by atoms with Crippen LogP contribution in [0.3, 0.4) is 0 Å². The number of oxime groups is 1. The van der Waals surface area contributed by atoms with E-state index in [-0.39, 0.29) is 6.42 Å². The first-order valence-corrected chi connectivity index (χ1v) is 10.8. The van der Waals surface area contributed by atoms with Gasteiger partial charge in [-0.25, -0.2) is 0 Å². The van der Waals surface area contributed by atoms with Gasteiger partial charge in [-0.1, -0.05) is 61.0 Å². The van der Waals surface area contributed by atoms with Gasteiger partial charge in [-0.2, -0.15) is 0 Å². The molecule has 3 rings (SSSR count). The van der Waals surface area contributed by atoms with Crippen molar-refractivity contribution in [1.29, 1.82) is 0 Å². The lowest BCUT2D eigenvalue weighted by atomic mass is 10.0. The molecule has 0 spiro atoms. The van der Waals surface area contributed by atoms with Gasteiger partial charge < -0.3 is 14.7 Å². The van der Waals surface area contributed by atoms with E-state index in [0.29, 0.717) is 24.5 Å². The topological polar surface area (TPSA) is 81.0 Å². The summed E-state index contributed by atoms with van der Waals surface area (Å²) in [4.78, 5) is 20.8. The monoisotopic (exact) mass is 432 g/mol. The number of hydrogen-bond donors (Lipinski definition) is 1. The average Bonchev–Trinajstić information content (AvgIpc) is 2.81. The van der Waals surface area contributed by atoms with Crippen molar-refractivity contribution in [2.45, 2.75) is 32.6 Å². The van der Waals surface area contributed by atoms with Gasteiger partial charge in [0.25, 0.3) is 0 Å². The van der Waals surface area contributed by atoms with Crippen molar-refractivity contribution in [3.8, 4) is 17.0 Å². The molecule has 0 amide bonds. The molecule has 6 heteroatoms. The number of aromatic nitrogens is 1. The Kier molecular flexibility index (Phi) is 8.80. The van der Waals surface area contributed by atoms with Crippen molar-refractivity contribution in [3.05, 3.63) is 84.1 Å². The van der Waals surface area contributed by atoms with Crippen molar-refractivity contribution in [3.63, 3.8) is 0 Å². The number of unbranched alkanes of at least 4 members (excludes halogenated alkanes) is 1. The fourth-order valence-corrected chi connectivity index (χ4v) is 3.19. The van der Waals surface area contributed by atoms with Gasteiger partial charge in [-0.15, -0.1) is 0 Å². The van der Waals surface area contributed by atoms with Crippen LogP contribution >= 0.6 is 0 Å². The number of carbonyl (C=O) groups is 1. The maximum atomic E-state index is 10.8. The standard InChI is InChI=1S/C26H28N2O4/c1-2-3-9-25(22-13-11-21(12-14-22)24-10-4-5-15-27-24)28-32-17-16-31-23-8-6-7-20(18-23)19-26(29)30/h4-8,10-15,18H,2-3,9,16-17,19H2,1H3,(H,29,30). The Morgan fingerprint density at radius 3 is 2.59 bits per heavy atom. The van der Waals surface area contributed by atoms with Gasteiger partial charge in [0.2, 0.25) is 0 Å². The van der Waals surface area contributed by atoms with Gasteiger partial charge in [0.1, 0.15) is 12.4 Å². The van der Waals surface area contributed by atoms with Crippen LogP contribution in [0.1, 0.15) is 37.3 Å². The summed E-state index contributed by atoms with van der Waals surface area (Å²) in [5.74, 6) is -0.250. The third-order valence-electron chi connectivity index (χ3n) is 4.82. The molecule has 0 saturated heterocycles. The molecule has 6 nitrogen and oxygen atoms in total. The van der Waals surface area contributed by atoms with Crippen LogP contribution in [-0.4, -0.2) is 35.0 Å². The molecule has 3 aromatic rings. The summed E-state index contributed by atoms with van der Waals surface area (Å²) in [5, 5.41) is 13.3. The number of hydrogen-bond acceptors (Lipinski definition) is 5. The number of benzene rings is 2. The molecular weight excluding hydrogens is 404 g/mol. The summed E-state index contributed by atoms with van der Waals surface area (Å²) in [6, 6.07) is 21.1. The molecule has 2 aromatic carbocycles. The first kappa shape index (κ1) is 23.0. The summed E-state index contributed by atoms with van der Waals surface area (Å²) in [6.07, 6.45) is 4.68. The Balaban J connectivity index is 1.56. The zero-order chi connectivity index (χ0) is 22.6. The molecule has 166 valence electrons. The van der Waals surface area contributed by atoms with E-state index in [9.17, 15) is 4.79 Å². The summed E-state index contributed by atoms with van der Waals surface area (Å²) in [6.45, 7) is 2.76. The minimum atomic E-state index is -0.868. The number of pyridine rings is 1. The molecule has 0 aliphatic rings. The molecule has 32 heavy (non-hydrogen) atoms. The van der Waals surface area contributed by atoms with Gasteiger partial charge in [0, 0.05) is 11.8 Å². The third-order valence-corrected chi connectivity index (χ3v) is 4.82. The molecule has 1 aromatic heterocycles. The molecule has 0 bridgehead atoms. The Hall–Kier alpha value is -3.67. The number of rotatable bonds is 12. The second-order valence-electron chi connectivity index (χ2n) is 7.33. The lowest BCUT2D eigenvalue weighted by Gasteiger charge is -2.09. The van der Waals surface area contributed by atoms with E-state index in [1.165, 1.54) is 0 Å². The maximum Gasteiger partial charge on any atom is 0.307 e. The van der Waals surface area contributed by atoms with Crippen molar-refractivity contribution >= 4 is 11.7 Å². The molecule has 0 saturated carbocycles. The lowest BCUT2D eigenvalue weighted by molar-refractivity contribution is -0.136. The highest BCUT2D eigenvalue weighted by atomic mass is 16.6. The van der Waals surface area contributed by atoms with E-state index < -0.39 is 5.97 Å². The van der Waals surface area contributed by atoms with Gasteiger partial charge in [0.05, 0.1) is 17.8 Å². The van der Waals surface area contributed by atoms with Crippen LogP contribution in [0, 0.1) is 0 Å². The molecule has 0 aliphatic carbocycles. The van der Waals surface area contributed by atoms with Crippen LogP contribution in [0.25, 0.3) is 11.3 Å². The number of aliphatic carboxylic acids is 1. The molecule has 1 heterocycles. The van der Waals surface area contributed by atoms with Gasteiger partial charge in [-0.3, -0.25) is 9.78 Å². The normalized spacial score (nSPS) is 11.2. The van der Waals surface area contributed by atoms with Gasteiger partial charge >= 0.3 is 5.97 Å². The summed E-state index contributed by atoms with van der Waals surface area (Å²) < 4.78 is 5.67. The fraction of sp³-hybridized carbons (Fsp3) is 0.269. The summed E-state index contributed by atoms with van der Waals surface area (Å²) in [7, 11) is 0. The van der Waals surface area contributed by atoms with Crippen LogP contribution in [-0.2, 0) is 16.1 Å². The zero-order valence-corrected chi connectivity index (χ0v) is 18.2. The molecule has 0 atom stereocenters. The first-order valence-electron chi connectivity index (χ1n) is 10.8. The van der Waals surface area contributed by atoms with Crippen LogP contribution in [0.15, 0.2) is 78.1 Å². The minimum absolute atomic E-state index is 0.0299. The largest absolute Gasteiger partial charge is 0.490 e. The van der Waals surface area contributed by atoms with E-state index in [0.717, 1.165) is 41.8 Å². The molecular formula is C26H28N2O4. The van der Waals surface area contributed by atoms with Crippen LogP contribution < -0.4 is 4.74 Å². The highest BCUT2D eigenvalue weighted by molar-refractivity contribution is 6.00. The first-order chi connectivity index (χ1) is 15.7. The number of ether oxygens (including phenoxy) is 1. The second kappa shape index (κ2) is 12.2. The second-order valence-corrected chi connectivity index (χ2v) is 7.33. The Bertz CT molecular complexity index is 1020. The lowest BCUT2D eigenvalue weighted by Crippen LogP contribution is -2.08. The van der Waals surface area contributed by atoms with E-state index in [2.05, 4.69) is 17.1 Å². The van der Waals surface area contributed by atoms with E-state index in [4.69, 9.17) is 14.7 Å². The Labute approximate surface area is 188 Å². The van der Waals surface area contributed by atoms with E-state index in [1.54, 1.807) is 30.5 Å². The fourth-order valence-electron chi connectivity index (χ4n) is 3.19. The SMILES string of the molecule is CCCCC(=NOCCOc1cccc(CC(=O)O)c1)c1ccc(-c2ccccn2)cc1. The van der Waals surface area contributed by atoms with Crippen LogP contribution in [0.4, 0.5) is 0 Å². The van der Waals surface area contributed by atoms with E-state index in [1.807, 2.05) is 42.5 Å². The number of carboxylic acid groups (broad SMARTS) is 1. The number of carboxylic acids is 1. The zero-order valence-electron chi connectivity index (χ0n) is 18.2. The van der Waals surface area contributed by atoms with Crippen LogP contribution in [0.2, 0.25) is 0 Å². The third kappa shape index (κ3) is 7.23. The number of nitrogens with zero attached hydrogens (tertiary/aromatic N) is 2. The van der Waals surface area contributed by atoms with Gasteiger partial charge in [0.15, 0.2) is 6.61 Å². The summed E-state index contributed by atoms with van der Waals surface area (Å²) in [5.41, 5.74) is 4.63. The predicted octanol–water partition coefficient (Wildman–Crippen LogP) is 5.37. The summed E-state index contributed by atoms with van der Waals surface area (Å²) >= 11 is 0. The quantitative estimate of drug-likeness (QED) is 0.237. The molecule has 1 N–H and O–H groups in total. The van der Waals surface area contributed by atoms with Gasteiger partial charge in [-0.05, 0) is 48.2 Å².